The molecule has 1 N–H and O–H groups in total. The molecule has 1 aliphatic carbocycles. The van der Waals surface area contributed by atoms with Crippen molar-refractivity contribution in [2.24, 2.45) is 10.9 Å². The van der Waals surface area contributed by atoms with Crippen molar-refractivity contribution in [1.82, 2.24) is 15.1 Å². The van der Waals surface area contributed by atoms with Crippen LogP contribution in [0.25, 0.3) is 0 Å². The highest BCUT2D eigenvalue weighted by Gasteiger charge is 2.34. The summed E-state index contributed by atoms with van der Waals surface area (Å²) < 4.78 is 5.26. The first-order chi connectivity index (χ1) is 13.3. The highest BCUT2D eigenvalue weighted by atomic mass is 16.5. The van der Waals surface area contributed by atoms with E-state index >= 15 is 0 Å². The predicted molar refractivity (Wildman–Crippen MR) is 111 cm³/mol. The van der Waals surface area contributed by atoms with Crippen LogP contribution < -0.4 is 15.0 Å². The second kappa shape index (κ2) is 8.38. The quantitative estimate of drug-likeness (QED) is 0.632. The molecule has 6 heteroatoms. The molecule has 1 saturated carbocycles. The van der Waals surface area contributed by atoms with Gasteiger partial charge in [0.1, 0.15) is 5.75 Å². The van der Waals surface area contributed by atoms with E-state index in [1.54, 1.807) is 7.11 Å². The van der Waals surface area contributed by atoms with Gasteiger partial charge in [0.2, 0.25) is 0 Å². The summed E-state index contributed by atoms with van der Waals surface area (Å²) in [6, 6.07) is 9.27. The number of anilines is 1. The molecule has 0 spiro atoms. The molecule has 0 radical (unpaired) electrons. The molecule has 27 heavy (non-hydrogen) atoms. The lowest BCUT2D eigenvalue weighted by Crippen LogP contribution is -2.53. The molecule has 2 aliphatic heterocycles. The Hall–Kier alpha value is -1.95. The van der Waals surface area contributed by atoms with Crippen LogP contribution in [0.2, 0.25) is 0 Å². The zero-order valence-electron chi connectivity index (χ0n) is 16.7. The third kappa shape index (κ3) is 4.49. The lowest BCUT2D eigenvalue weighted by molar-refractivity contribution is 0.312. The van der Waals surface area contributed by atoms with Gasteiger partial charge in [-0.05, 0) is 56.0 Å². The van der Waals surface area contributed by atoms with Crippen molar-refractivity contribution in [1.29, 1.82) is 0 Å². The highest BCUT2D eigenvalue weighted by Crippen LogP contribution is 2.31. The summed E-state index contributed by atoms with van der Waals surface area (Å²) in [6.07, 6.45) is 4.16. The number of rotatable bonds is 5. The van der Waals surface area contributed by atoms with Gasteiger partial charge in [0.15, 0.2) is 5.96 Å². The first-order valence-corrected chi connectivity index (χ1v) is 10.4. The van der Waals surface area contributed by atoms with Crippen molar-refractivity contribution in [3.8, 4) is 5.75 Å². The molecule has 148 valence electrons. The van der Waals surface area contributed by atoms with Crippen molar-refractivity contribution in [2.75, 3.05) is 64.9 Å². The predicted octanol–water partition coefficient (Wildman–Crippen LogP) is 1.88. The Morgan fingerprint density at radius 2 is 1.81 bits per heavy atom. The Morgan fingerprint density at radius 3 is 2.44 bits per heavy atom. The summed E-state index contributed by atoms with van der Waals surface area (Å²) in [5, 5.41) is 3.64. The minimum atomic E-state index is 0.767. The fourth-order valence-corrected chi connectivity index (χ4v) is 4.34. The van der Waals surface area contributed by atoms with Crippen LogP contribution in [0.3, 0.4) is 0 Å². The van der Waals surface area contributed by atoms with E-state index in [2.05, 4.69) is 37.1 Å². The number of methoxy groups -OCH3 is 1. The molecule has 6 nitrogen and oxygen atoms in total. The summed E-state index contributed by atoms with van der Waals surface area (Å²) in [5.74, 6) is 2.74. The van der Waals surface area contributed by atoms with Crippen molar-refractivity contribution >= 4 is 11.6 Å². The molecular formula is C21H33N5O. The molecular weight excluding hydrogens is 338 g/mol. The van der Waals surface area contributed by atoms with Crippen LogP contribution in [0.4, 0.5) is 5.69 Å². The standard InChI is InChI=1S/C21H33N5O/c1-22-21(23-15-17-9-10-26(16-17)19-3-4-19)25-13-11-24(12-14-25)18-5-7-20(27-2)8-6-18/h5-8,17,19H,3-4,9-16H2,1-2H3,(H,22,23). The zero-order valence-corrected chi connectivity index (χ0v) is 16.7. The molecule has 0 aromatic heterocycles. The molecule has 3 fully saturated rings. The molecule has 1 atom stereocenters. The maximum atomic E-state index is 5.26. The topological polar surface area (TPSA) is 43.3 Å². The number of benzene rings is 1. The van der Waals surface area contributed by atoms with E-state index in [1.807, 2.05) is 19.2 Å². The molecule has 2 saturated heterocycles. The Morgan fingerprint density at radius 1 is 1.07 bits per heavy atom. The highest BCUT2D eigenvalue weighted by molar-refractivity contribution is 5.80. The van der Waals surface area contributed by atoms with Gasteiger partial charge in [0.25, 0.3) is 0 Å². The van der Waals surface area contributed by atoms with Crippen LogP contribution in [0.15, 0.2) is 29.3 Å². The summed E-state index contributed by atoms with van der Waals surface area (Å²) >= 11 is 0. The number of ether oxygens (including phenoxy) is 1. The van der Waals surface area contributed by atoms with Gasteiger partial charge in [-0.1, -0.05) is 0 Å². The fourth-order valence-electron chi connectivity index (χ4n) is 4.34. The van der Waals surface area contributed by atoms with Gasteiger partial charge in [0.05, 0.1) is 7.11 Å². The van der Waals surface area contributed by atoms with Crippen LogP contribution in [0.5, 0.6) is 5.75 Å². The van der Waals surface area contributed by atoms with Crippen LogP contribution >= 0.6 is 0 Å². The number of hydrogen-bond acceptors (Lipinski definition) is 4. The van der Waals surface area contributed by atoms with Gasteiger partial charge in [-0.3, -0.25) is 4.99 Å². The van der Waals surface area contributed by atoms with E-state index in [0.29, 0.717) is 0 Å². The van der Waals surface area contributed by atoms with E-state index in [1.165, 1.54) is 38.0 Å². The number of nitrogens with one attached hydrogen (secondary N) is 1. The Balaban J connectivity index is 1.23. The third-order valence-corrected chi connectivity index (χ3v) is 6.16. The molecule has 0 amide bonds. The third-order valence-electron chi connectivity index (χ3n) is 6.16. The maximum absolute atomic E-state index is 5.26. The lowest BCUT2D eigenvalue weighted by Gasteiger charge is -2.38. The smallest absolute Gasteiger partial charge is 0.193 e. The molecule has 1 aromatic carbocycles. The van der Waals surface area contributed by atoms with Crippen molar-refractivity contribution in [3.63, 3.8) is 0 Å². The SMILES string of the molecule is CN=C(NCC1CCN(C2CC2)C1)N1CCN(c2ccc(OC)cc2)CC1. The van der Waals surface area contributed by atoms with E-state index < -0.39 is 0 Å². The number of aliphatic imine (C=N–C) groups is 1. The first-order valence-electron chi connectivity index (χ1n) is 10.4. The second-order valence-corrected chi connectivity index (χ2v) is 7.98. The number of likely N-dealkylation sites (tertiary alicyclic amines) is 1. The fraction of sp³-hybridized carbons (Fsp3) is 0.667. The number of nitrogens with zero attached hydrogens (tertiary/aromatic N) is 4. The number of guanidine groups is 1. The molecule has 2 heterocycles. The Bertz CT molecular complexity index is 634. The molecule has 3 aliphatic rings. The van der Waals surface area contributed by atoms with Crippen LogP contribution in [0, 0.1) is 5.92 Å². The lowest BCUT2D eigenvalue weighted by atomic mass is 10.1. The minimum Gasteiger partial charge on any atom is -0.497 e. The molecule has 4 rings (SSSR count). The van der Waals surface area contributed by atoms with Crippen molar-refractivity contribution in [3.05, 3.63) is 24.3 Å². The van der Waals surface area contributed by atoms with E-state index in [9.17, 15) is 0 Å². The van der Waals surface area contributed by atoms with Crippen molar-refractivity contribution in [2.45, 2.75) is 25.3 Å². The first kappa shape index (κ1) is 18.4. The van der Waals surface area contributed by atoms with Gasteiger partial charge < -0.3 is 24.8 Å². The maximum Gasteiger partial charge on any atom is 0.193 e. The summed E-state index contributed by atoms with van der Waals surface area (Å²) in [4.78, 5) is 12.1. The minimum absolute atomic E-state index is 0.767. The normalized spacial score (nSPS) is 24.4. The average Bonchev–Trinajstić information content (AvgIpc) is 3.47. The zero-order chi connectivity index (χ0) is 18.6. The van der Waals surface area contributed by atoms with Crippen LogP contribution in [-0.2, 0) is 0 Å². The molecule has 0 bridgehead atoms. The van der Waals surface area contributed by atoms with E-state index in [0.717, 1.165) is 56.4 Å². The number of piperazine rings is 1. The monoisotopic (exact) mass is 371 g/mol. The van der Waals surface area contributed by atoms with Crippen molar-refractivity contribution < 1.29 is 4.74 Å². The summed E-state index contributed by atoms with van der Waals surface area (Å²) in [6.45, 7) is 7.65. The second-order valence-electron chi connectivity index (χ2n) is 7.98. The van der Waals surface area contributed by atoms with Gasteiger partial charge in [0, 0.05) is 58.0 Å². The Kier molecular flexibility index (Phi) is 5.72. The Labute approximate surface area is 163 Å². The molecule has 1 aromatic rings. The van der Waals surface area contributed by atoms with E-state index in [-0.39, 0.29) is 0 Å². The van der Waals surface area contributed by atoms with Crippen LogP contribution in [-0.4, -0.2) is 81.8 Å². The summed E-state index contributed by atoms with van der Waals surface area (Å²) in [5.41, 5.74) is 1.27. The average molecular weight is 372 g/mol. The van der Waals surface area contributed by atoms with E-state index in [4.69, 9.17) is 4.74 Å². The molecule has 1 unspecified atom stereocenters. The van der Waals surface area contributed by atoms with Gasteiger partial charge >= 0.3 is 0 Å². The largest absolute Gasteiger partial charge is 0.497 e. The number of hydrogen-bond donors (Lipinski definition) is 1. The van der Waals surface area contributed by atoms with Crippen LogP contribution in [0.1, 0.15) is 19.3 Å². The van der Waals surface area contributed by atoms with Gasteiger partial charge in [-0.2, -0.15) is 0 Å². The summed E-state index contributed by atoms with van der Waals surface area (Å²) in [7, 11) is 3.62. The van der Waals surface area contributed by atoms with Gasteiger partial charge in [-0.25, -0.2) is 0 Å². The van der Waals surface area contributed by atoms with Gasteiger partial charge in [-0.15, -0.1) is 0 Å².